The van der Waals surface area contributed by atoms with Gasteiger partial charge in [-0.2, -0.15) is 0 Å². The van der Waals surface area contributed by atoms with E-state index in [2.05, 4.69) is 32.2 Å². The summed E-state index contributed by atoms with van der Waals surface area (Å²) in [6.45, 7) is 6.33. The van der Waals surface area contributed by atoms with Crippen LogP contribution in [0.15, 0.2) is 35.7 Å². The standard InChI is InChI=1S/C16H20O2S/c1-4-12(3)17-14-6-8-15(9-7-14)18-16-13(5-2)10-11-19-16/h6-12H,4-5H2,1-3H3. The lowest BCUT2D eigenvalue weighted by Crippen LogP contribution is -2.09. The molecule has 0 aliphatic heterocycles. The van der Waals surface area contributed by atoms with Gasteiger partial charge in [-0.15, -0.1) is 11.3 Å². The zero-order chi connectivity index (χ0) is 13.7. The third kappa shape index (κ3) is 3.74. The SMILES string of the molecule is CCc1ccsc1Oc1ccc(OC(C)CC)cc1. The van der Waals surface area contributed by atoms with E-state index in [4.69, 9.17) is 9.47 Å². The molecule has 0 aliphatic rings. The van der Waals surface area contributed by atoms with Gasteiger partial charge in [-0.05, 0) is 55.5 Å². The predicted molar refractivity (Wildman–Crippen MR) is 80.6 cm³/mol. The van der Waals surface area contributed by atoms with E-state index in [-0.39, 0.29) is 6.10 Å². The summed E-state index contributed by atoms with van der Waals surface area (Å²) in [5.41, 5.74) is 1.25. The highest BCUT2D eigenvalue weighted by Crippen LogP contribution is 2.32. The highest BCUT2D eigenvalue weighted by Gasteiger charge is 2.06. The predicted octanol–water partition coefficient (Wildman–Crippen LogP) is 5.28. The topological polar surface area (TPSA) is 18.5 Å². The Bertz CT molecular complexity index is 502. The van der Waals surface area contributed by atoms with E-state index < -0.39 is 0 Å². The Balaban J connectivity index is 2.02. The van der Waals surface area contributed by atoms with Crippen LogP contribution in [0.1, 0.15) is 32.8 Å². The molecule has 2 rings (SSSR count). The minimum absolute atomic E-state index is 0.246. The van der Waals surface area contributed by atoms with Crippen LogP contribution in [0.2, 0.25) is 0 Å². The van der Waals surface area contributed by atoms with Crippen molar-refractivity contribution < 1.29 is 9.47 Å². The van der Waals surface area contributed by atoms with Crippen molar-refractivity contribution in [1.82, 2.24) is 0 Å². The molecule has 2 aromatic rings. The molecule has 0 spiro atoms. The molecule has 1 unspecified atom stereocenters. The summed E-state index contributed by atoms with van der Waals surface area (Å²) in [4.78, 5) is 0. The molecule has 1 aromatic heterocycles. The molecule has 19 heavy (non-hydrogen) atoms. The second kappa shape index (κ2) is 6.62. The lowest BCUT2D eigenvalue weighted by Gasteiger charge is -2.13. The molecule has 0 aliphatic carbocycles. The van der Waals surface area contributed by atoms with Crippen molar-refractivity contribution in [3.05, 3.63) is 41.3 Å². The summed E-state index contributed by atoms with van der Waals surface area (Å²) in [5.74, 6) is 1.75. The van der Waals surface area contributed by atoms with Gasteiger partial charge < -0.3 is 9.47 Å². The Morgan fingerprint density at radius 3 is 2.37 bits per heavy atom. The highest BCUT2D eigenvalue weighted by atomic mass is 32.1. The number of hydrogen-bond donors (Lipinski definition) is 0. The van der Waals surface area contributed by atoms with Crippen LogP contribution >= 0.6 is 11.3 Å². The first kappa shape index (κ1) is 13.9. The molecule has 102 valence electrons. The van der Waals surface area contributed by atoms with Gasteiger partial charge in [-0.3, -0.25) is 0 Å². The Kier molecular flexibility index (Phi) is 4.86. The van der Waals surface area contributed by atoms with Crippen molar-refractivity contribution in [3.8, 4) is 16.6 Å². The van der Waals surface area contributed by atoms with Gasteiger partial charge in [0.2, 0.25) is 0 Å². The summed E-state index contributed by atoms with van der Waals surface area (Å²) in [7, 11) is 0. The van der Waals surface area contributed by atoms with Crippen molar-refractivity contribution >= 4 is 11.3 Å². The van der Waals surface area contributed by atoms with Gasteiger partial charge in [0, 0.05) is 5.56 Å². The van der Waals surface area contributed by atoms with Gasteiger partial charge in [0.1, 0.15) is 11.5 Å². The maximum Gasteiger partial charge on any atom is 0.184 e. The number of thiophene rings is 1. The molecule has 0 saturated heterocycles. The molecule has 0 saturated carbocycles. The molecule has 0 N–H and O–H groups in total. The number of aryl methyl sites for hydroxylation is 1. The zero-order valence-corrected chi connectivity index (χ0v) is 12.5. The highest BCUT2D eigenvalue weighted by molar-refractivity contribution is 7.12. The largest absolute Gasteiger partial charge is 0.491 e. The van der Waals surface area contributed by atoms with Gasteiger partial charge in [0.15, 0.2) is 5.06 Å². The first-order chi connectivity index (χ1) is 9.22. The average Bonchev–Trinajstić information content (AvgIpc) is 2.88. The van der Waals surface area contributed by atoms with Crippen molar-refractivity contribution in [1.29, 1.82) is 0 Å². The van der Waals surface area contributed by atoms with Crippen LogP contribution in [0.4, 0.5) is 0 Å². The minimum atomic E-state index is 0.246. The fourth-order valence-corrected chi connectivity index (χ4v) is 2.55. The summed E-state index contributed by atoms with van der Waals surface area (Å²) in [5, 5.41) is 3.05. The maximum absolute atomic E-state index is 5.89. The van der Waals surface area contributed by atoms with Gasteiger partial charge >= 0.3 is 0 Å². The van der Waals surface area contributed by atoms with Gasteiger partial charge in [0.05, 0.1) is 6.10 Å². The molecular weight excluding hydrogens is 256 g/mol. The molecule has 0 radical (unpaired) electrons. The van der Waals surface area contributed by atoms with Crippen molar-refractivity contribution in [2.24, 2.45) is 0 Å². The van der Waals surface area contributed by atoms with Crippen LogP contribution in [0.5, 0.6) is 16.6 Å². The summed E-state index contributed by atoms with van der Waals surface area (Å²) in [6.07, 6.45) is 2.25. The summed E-state index contributed by atoms with van der Waals surface area (Å²) < 4.78 is 11.6. The second-order valence-corrected chi connectivity index (χ2v) is 5.38. The lowest BCUT2D eigenvalue weighted by atomic mass is 10.2. The maximum atomic E-state index is 5.89. The molecule has 0 fully saturated rings. The molecule has 1 heterocycles. The monoisotopic (exact) mass is 276 g/mol. The molecular formula is C16H20O2S. The van der Waals surface area contributed by atoms with Crippen molar-refractivity contribution in [2.75, 3.05) is 0 Å². The number of hydrogen-bond acceptors (Lipinski definition) is 3. The van der Waals surface area contributed by atoms with Crippen LogP contribution in [0, 0.1) is 0 Å². The molecule has 0 bridgehead atoms. The summed E-state index contributed by atoms with van der Waals surface area (Å²) >= 11 is 1.63. The van der Waals surface area contributed by atoms with Crippen LogP contribution in [0.3, 0.4) is 0 Å². The van der Waals surface area contributed by atoms with E-state index >= 15 is 0 Å². The normalized spacial score (nSPS) is 12.2. The van der Waals surface area contributed by atoms with Gasteiger partial charge in [0.25, 0.3) is 0 Å². The minimum Gasteiger partial charge on any atom is -0.491 e. The van der Waals surface area contributed by atoms with Gasteiger partial charge in [-0.25, -0.2) is 0 Å². The van der Waals surface area contributed by atoms with Crippen LogP contribution in [0.25, 0.3) is 0 Å². The fourth-order valence-electron chi connectivity index (χ4n) is 1.68. The summed E-state index contributed by atoms with van der Waals surface area (Å²) in [6, 6.07) is 9.94. The average molecular weight is 276 g/mol. The Morgan fingerprint density at radius 1 is 1.05 bits per heavy atom. The smallest absolute Gasteiger partial charge is 0.184 e. The Morgan fingerprint density at radius 2 is 1.74 bits per heavy atom. The lowest BCUT2D eigenvalue weighted by molar-refractivity contribution is 0.217. The van der Waals surface area contributed by atoms with Crippen LogP contribution in [-0.4, -0.2) is 6.10 Å². The van der Waals surface area contributed by atoms with Gasteiger partial charge in [-0.1, -0.05) is 13.8 Å². The fraction of sp³-hybridized carbons (Fsp3) is 0.375. The van der Waals surface area contributed by atoms with Crippen LogP contribution in [-0.2, 0) is 6.42 Å². The Hall–Kier alpha value is -1.48. The molecule has 0 amide bonds. The second-order valence-electron chi connectivity index (χ2n) is 4.50. The first-order valence-corrected chi connectivity index (χ1v) is 7.61. The van der Waals surface area contributed by atoms with Crippen molar-refractivity contribution in [3.63, 3.8) is 0 Å². The first-order valence-electron chi connectivity index (χ1n) is 6.73. The van der Waals surface area contributed by atoms with Crippen molar-refractivity contribution in [2.45, 2.75) is 39.7 Å². The Labute approximate surface area is 119 Å². The van der Waals surface area contributed by atoms with E-state index in [1.54, 1.807) is 11.3 Å². The number of rotatable bonds is 6. The quantitative estimate of drug-likeness (QED) is 0.714. The van der Waals surface area contributed by atoms with Crippen LogP contribution < -0.4 is 9.47 Å². The van der Waals surface area contributed by atoms with E-state index in [9.17, 15) is 0 Å². The number of benzene rings is 1. The molecule has 1 atom stereocenters. The van der Waals surface area contributed by atoms with E-state index in [0.717, 1.165) is 29.4 Å². The third-order valence-corrected chi connectivity index (χ3v) is 3.87. The molecule has 1 aromatic carbocycles. The third-order valence-electron chi connectivity index (χ3n) is 3.03. The van der Waals surface area contributed by atoms with E-state index in [1.165, 1.54) is 5.56 Å². The molecule has 3 heteroatoms. The van der Waals surface area contributed by atoms with E-state index in [0.29, 0.717) is 0 Å². The number of ether oxygens (including phenoxy) is 2. The zero-order valence-electron chi connectivity index (χ0n) is 11.7. The molecule has 2 nitrogen and oxygen atoms in total. The van der Waals surface area contributed by atoms with E-state index in [1.807, 2.05) is 24.3 Å².